The predicted molar refractivity (Wildman–Crippen MR) is 114 cm³/mol. The van der Waals surface area contributed by atoms with Crippen LogP contribution in [0.15, 0.2) is 24.3 Å². The van der Waals surface area contributed by atoms with E-state index in [1.807, 2.05) is 19.1 Å². The number of rotatable bonds is 14. The Morgan fingerprint density at radius 3 is 2.53 bits per heavy atom. The van der Waals surface area contributed by atoms with Gasteiger partial charge in [-0.3, -0.25) is 4.79 Å². The fraction of sp³-hybridized carbons (Fsp3) is 0.714. The second-order valence-electron chi connectivity index (χ2n) is 7.95. The number of allylic oxidation sites excluding steroid dienone is 3. The van der Waals surface area contributed by atoms with Gasteiger partial charge < -0.3 is 15.2 Å². The molecule has 0 aromatic rings. The predicted octanol–water partition coefficient (Wildman–Crippen LogP) is 1.98. The lowest BCUT2D eigenvalue weighted by Crippen LogP contribution is -2.42. The van der Waals surface area contributed by atoms with Crippen molar-refractivity contribution in [2.75, 3.05) is 18.8 Å². The number of hydrogen-bond donors (Lipinski definition) is 3. The lowest BCUT2D eigenvalue weighted by atomic mass is 9.77. The van der Waals surface area contributed by atoms with Crippen LogP contribution >= 0.6 is 0 Å². The first-order valence-electron chi connectivity index (χ1n) is 10.8. The van der Waals surface area contributed by atoms with Gasteiger partial charge in [-0.2, -0.15) is 0 Å². The molecule has 4 atom stereocenters. The van der Waals surface area contributed by atoms with E-state index in [1.165, 1.54) is 0 Å². The second-order valence-corrected chi connectivity index (χ2v) is 9.88. The molecule has 170 valence electrons. The number of carbonyl (C=O) groups excluding carboxylic acids is 1. The number of carboxylic acids is 1. The summed E-state index contributed by atoms with van der Waals surface area (Å²) in [5, 5.41) is 11.4. The fourth-order valence-corrected chi connectivity index (χ4v) is 5.24. The number of carboxylic acid groups (broad SMARTS) is 1. The van der Waals surface area contributed by atoms with Crippen molar-refractivity contribution in [3.8, 4) is 0 Å². The van der Waals surface area contributed by atoms with Crippen LogP contribution in [0, 0.1) is 11.8 Å². The van der Waals surface area contributed by atoms with Crippen molar-refractivity contribution in [3.05, 3.63) is 24.3 Å². The van der Waals surface area contributed by atoms with E-state index in [0.29, 0.717) is 25.3 Å². The van der Waals surface area contributed by atoms with E-state index in [9.17, 15) is 18.0 Å². The van der Waals surface area contributed by atoms with Gasteiger partial charge in [0.25, 0.3) is 0 Å². The molecule has 2 aliphatic heterocycles. The summed E-state index contributed by atoms with van der Waals surface area (Å²) in [6, 6.07) is 0. The highest BCUT2D eigenvalue weighted by Crippen LogP contribution is 2.44. The highest BCUT2D eigenvalue weighted by molar-refractivity contribution is 7.89. The molecule has 1 amide bonds. The Labute approximate surface area is 179 Å². The molecule has 2 bridgehead atoms. The molecule has 0 aliphatic carbocycles. The van der Waals surface area contributed by atoms with Gasteiger partial charge in [-0.1, -0.05) is 38.0 Å². The van der Waals surface area contributed by atoms with Crippen molar-refractivity contribution in [3.63, 3.8) is 0 Å². The maximum absolute atomic E-state index is 12.1. The molecular formula is C21H34N2O6S. The van der Waals surface area contributed by atoms with Crippen LogP contribution < -0.4 is 10.0 Å². The standard InChI is InChI=1S/C21H34N2O6S/c1-2-3-8-13-30(27,28)23-15-20(24)22-14-17-16(18-11-12-19(17)29-18)9-6-4-5-7-10-21(25)26/h4,6-7,10,16-19,23H,2-3,5,8-9,11-15H2,1H3,(H,22,24)(H,25,26)/b6-4-,10-7+/t16-,17+,18-,19+/m1/s1. The monoisotopic (exact) mass is 442 g/mol. The summed E-state index contributed by atoms with van der Waals surface area (Å²) in [7, 11) is -3.42. The molecule has 2 rings (SSSR count). The summed E-state index contributed by atoms with van der Waals surface area (Å²) < 4.78 is 32.2. The maximum atomic E-state index is 12.1. The van der Waals surface area contributed by atoms with Crippen LogP contribution in [0.2, 0.25) is 0 Å². The lowest BCUT2D eigenvalue weighted by Gasteiger charge is -2.27. The summed E-state index contributed by atoms with van der Waals surface area (Å²) in [6.07, 6.45) is 12.8. The van der Waals surface area contributed by atoms with Crippen LogP contribution in [0.4, 0.5) is 0 Å². The molecule has 0 saturated carbocycles. The van der Waals surface area contributed by atoms with Crippen LogP contribution in [0.25, 0.3) is 0 Å². The van der Waals surface area contributed by atoms with E-state index >= 15 is 0 Å². The second kappa shape index (κ2) is 12.2. The van der Waals surface area contributed by atoms with Gasteiger partial charge in [0, 0.05) is 18.5 Å². The number of fused-ring (bicyclic) bond motifs is 2. The van der Waals surface area contributed by atoms with Crippen molar-refractivity contribution < 1.29 is 27.9 Å². The normalized spacial score (nSPS) is 26.0. The highest BCUT2D eigenvalue weighted by Gasteiger charge is 2.47. The van der Waals surface area contributed by atoms with Gasteiger partial charge in [0.05, 0.1) is 24.5 Å². The van der Waals surface area contributed by atoms with Crippen LogP contribution in [0.5, 0.6) is 0 Å². The minimum atomic E-state index is -3.42. The maximum Gasteiger partial charge on any atom is 0.327 e. The summed E-state index contributed by atoms with van der Waals surface area (Å²) >= 11 is 0. The molecule has 30 heavy (non-hydrogen) atoms. The minimum absolute atomic E-state index is 0.0460. The Balaban J connectivity index is 1.75. The van der Waals surface area contributed by atoms with Gasteiger partial charge >= 0.3 is 5.97 Å². The van der Waals surface area contributed by atoms with Crippen molar-refractivity contribution >= 4 is 21.9 Å². The highest BCUT2D eigenvalue weighted by atomic mass is 32.2. The number of hydrogen-bond acceptors (Lipinski definition) is 5. The fourth-order valence-electron chi connectivity index (χ4n) is 4.16. The summed E-state index contributed by atoms with van der Waals surface area (Å²) in [5.41, 5.74) is 0. The van der Waals surface area contributed by atoms with Crippen molar-refractivity contribution in [1.29, 1.82) is 0 Å². The van der Waals surface area contributed by atoms with Gasteiger partial charge in [0.2, 0.25) is 15.9 Å². The molecule has 0 aromatic carbocycles. The topological polar surface area (TPSA) is 122 Å². The van der Waals surface area contributed by atoms with Gasteiger partial charge in [0.1, 0.15) is 0 Å². The number of sulfonamides is 1. The molecule has 2 heterocycles. The van der Waals surface area contributed by atoms with Gasteiger partial charge in [-0.25, -0.2) is 17.9 Å². The molecule has 3 N–H and O–H groups in total. The van der Waals surface area contributed by atoms with E-state index in [4.69, 9.17) is 9.84 Å². The van der Waals surface area contributed by atoms with Crippen molar-refractivity contribution in [2.45, 2.75) is 64.1 Å². The molecule has 0 radical (unpaired) electrons. The number of nitrogens with one attached hydrogen (secondary N) is 2. The summed E-state index contributed by atoms with van der Waals surface area (Å²) in [5.74, 6) is -0.735. The molecule has 2 saturated heterocycles. The van der Waals surface area contributed by atoms with E-state index in [2.05, 4.69) is 10.0 Å². The zero-order chi connectivity index (χ0) is 22.0. The van der Waals surface area contributed by atoms with Gasteiger partial charge in [-0.05, 0) is 38.0 Å². The number of unbranched alkanes of at least 4 members (excludes halogenated alkanes) is 2. The van der Waals surface area contributed by atoms with Crippen LogP contribution in [-0.4, -0.2) is 56.5 Å². The van der Waals surface area contributed by atoms with E-state index < -0.39 is 16.0 Å². The number of amides is 1. The Hall–Kier alpha value is -1.71. The zero-order valence-corrected chi connectivity index (χ0v) is 18.4. The Morgan fingerprint density at radius 1 is 1.10 bits per heavy atom. The van der Waals surface area contributed by atoms with E-state index in [1.54, 1.807) is 6.08 Å². The number of carbonyl (C=O) groups is 2. The Morgan fingerprint density at radius 2 is 1.83 bits per heavy atom. The summed E-state index contributed by atoms with van der Waals surface area (Å²) in [6.45, 7) is 2.23. The number of ether oxygens (including phenoxy) is 1. The average molecular weight is 443 g/mol. The third-order valence-corrected chi connectivity index (χ3v) is 7.11. The van der Waals surface area contributed by atoms with Crippen LogP contribution in [-0.2, 0) is 24.3 Å². The SMILES string of the molecule is CCCCCS(=O)(=O)NCC(=O)NC[C@H]1[C@@H](C/C=C\C/C=C/C(=O)O)[C@H]2CC[C@@H]1O2. The van der Waals surface area contributed by atoms with Crippen molar-refractivity contribution in [1.82, 2.24) is 10.0 Å². The molecule has 0 aromatic heterocycles. The average Bonchev–Trinajstić information content (AvgIpc) is 3.29. The van der Waals surface area contributed by atoms with E-state index in [-0.39, 0.29) is 36.3 Å². The van der Waals surface area contributed by atoms with E-state index in [0.717, 1.165) is 38.2 Å². The quantitative estimate of drug-likeness (QED) is 0.215. The third kappa shape index (κ3) is 8.20. The van der Waals surface area contributed by atoms with Gasteiger partial charge in [0.15, 0.2) is 0 Å². The minimum Gasteiger partial charge on any atom is -0.478 e. The Kier molecular flexibility index (Phi) is 10.0. The molecular weight excluding hydrogens is 408 g/mol. The van der Waals surface area contributed by atoms with Gasteiger partial charge in [-0.15, -0.1) is 0 Å². The first-order valence-corrected chi connectivity index (χ1v) is 12.4. The molecule has 8 nitrogen and oxygen atoms in total. The molecule has 2 aliphatic rings. The smallest absolute Gasteiger partial charge is 0.327 e. The first-order chi connectivity index (χ1) is 14.3. The molecule has 0 spiro atoms. The molecule has 2 fully saturated rings. The van der Waals surface area contributed by atoms with Crippen LogP contribution in [0.1, 0.15) is 51.9 Å². The lowest BCUT2D eigenvalue weighted by molar-refractivity contribution is -0.131. The molecule has 9 heteroatoms. The van der Waals surface area contributed by atoms with Crippen molar-refractivity contribution in [2.24, 2.45) is 11.8 Å². The Bertz CT molecular complexity index is 734. The third-order valence-electron chi connectivity index (χ3n) is 5.70. The summed E-state index contributed by atoms with van der Waals surface area (Å²) in [4.78, 5) is 22.6. The largest absolute Gasteiger partial charge is 0.478 e. The number of aliphatic carboxylic acids is 1. The van der Waals surface area contributed by atoms with Crippen LogP contribution in [0.3, 0.4) is 0 Å². The zero-order valence-electron chi connectivity index (χ0n) is 17.6. The first kappa shape index (κ1) is 24.6. The molecule has 0 unspecified atom stereocenters.